The summed E-state index contributed by atoms with van der Waals surface area (Å²) in [6.45, 7) is 10.3. The molecule has 1 aliphatic heterocycles. The van der Waals surface area contributed by atoms with E-state index in [0.29, 0.717) is 24.9 Å². The Bertz CT molecular complexity index is 1100. The van der Waals surface area contributed by atoms with Gasteiger partial charge in [-0.1, -0.05) is 32.0 Å². The van der Waals surface area contributed by atoms with Crippen molar-refractivity contribution in [1.82, 2.24) is 19.6 Å². The monoisotopic (exact) mass is 412 g/mol. The lowest BCUT2D eigenvalue weighted by molar-refractivity contribution is -0.137. The van der Waals surface area contributed by atoms with Crippen LogP contribution in [0.1, 0.15) is 38.4 Å². The molecule has 0 bridgehead atoms. The number of piperazine rings is 1. The minimum atomic E-state index is -0.554. The highest BCUT2D eigenvalue weighted by atomic mass is 32.1. The van der Waals surface area contributed by atoms with Gasteiger partial charge >= 0.3 is 0 Å². The number of fused-ring (bicyclic) bond motifs is 3. The van der Waals surface area contributed by atoms with Gasteiger partial charge in [0.15, 0.2) is 0 Å². The molecule has 1 aliphatic rings. The van der Waals surface area contributed by atoms with Crippen molar-refractivity contribution in [3.05, 3.63) is 40.3 Å². The number of carbonyl (C=O) groups is 1. The first-order chi connectivity index (χ1) is 14.0. The van der Waals surface area contributed by atoms with Gasteiger partial charge in [0.1, 0.15) is 6.04 Å². The Labute approximate surface area is 174 Å². The molecule has 0 spiro atoms. The highest BCUT2D eigenvalue weighted by Crippen LogP contribution is 2.33. The smallest absolute Gasteiger partial charge is 0.276 e. The van der Waals surface area contributed by atoms with Crippen molar-refractivity contribution in [2.24, 2.45) is 0 Å². The molecular weight excluding hydrogens is 384 g/mol. The second kappa shape index (κ2) is 8.24. The lowest BCUT2D eigenvalue weighted by Gasteiger charge is -2.36. The molecule has 0 radical (unpaired) electrons. The second-order valence-corrected chi connectivity index (χ2v) is 8.78. The van der Waals surface area contributed by atoms with Crippen LogP contribution >= 0.6 is 11.3 Å². The minimum Gasteiger partial charge on any atom is -0.338 e. The molecule has 29 heavy (non-hydrogen) atoms. The van der Waals surface area contributed by atoms with Crippen LogP contribution in [0.25, 0.3) is 20.2 Å². The van der Waals surface area contributed by atoms with Crippen molar-refractivity contribution >= 4 is 37.4 Å². The molecule has 1 saturated heterocycles. The number of benzene rings is 1. The predicted octanol–water partition coefficient (Wildman–Crippen LogP) is 3.42. The van der Waals surface area contributed by atoms with Crippen molar-refractivity contribution < 1.29 is 4.79 Å². The first-order valence-corrected chi connectivity index (χ1v) is 11.3. The molecule has 1 atom stereocenters. The van der Waals surface area contributed by atoms with Gasteiger partial charge in [0, 0.05) is 36.3 Å². The first-order valence-electron chi connectivity index (χ1n) is 10.5. The Hall–Kier alpha value is -2.25. The maximum Gasteiger partial charge on any atom is 0.276 e. The van der Waals surface area contributed by atoms with Crippen LogP contribution < -0.4 is 5.56 Å². The van der Waals surface area contributed by atoms with E-state index in [2.05, 4.69) is 16.9 Å². The average Bonchev–Trinajstić information content (AvgIpc) is 3.13. The Kier molecular flexibility index (Phi) is 5.69. The summed E-state index contributed by atoms with van der Waals surface area (Å²) < 4.78 is 3.44. The third kappa shape index (κ3) is 3.57. The summed E-state index contributed by atoms with van der Waals surface area (Å²) >= 11 is 1.60. The average molecular weight is 413 g/mol. The van der Waals surface area contributed by atoms with Crippen LogP contribution in [0.3, 0.4) is 0 Å². The van der Waals surface area contributed by atoms with Crippen LogP contribution in [0.15, 0.2) is 29.1 Å². The Morgan fingerprint density at radius 1 is 1.17 bits per heavy atom. The Morgan fingerprint density at radius 3 is 2.59 bits per heavy atom. The van der Waals surface area contributed by atoms with E-state index in [9.17, 15) is 9.59 Å². The van der Waals surface area contributed by atoms with E-state index < -0.39 is 6.04 Å². The summed E-state index contributed by atoms with van der Waals surface area (Å²) in [4.78, 5) is 31.0. The summed E-state index contributed by atoms with van der Waals surface area (Å²) in [5.74, 6) is 0.0107. The van der Waals surface area contributed by atoms with Gasteiger partial charge in [0.2, 0.25) is 5.91 Å². The fourth-order valence-corrected chi connectivity index (χ4v) is 5.40. The van der Waals surface area contributed by atoms with Crippen molar-refractivity contribution in [3.8, 4) is 0 Å². The highest BCUT2D eigenvalue weighted by Gasteiger charge is 2.30. The van der Waals surface area contributed by atoms with Crippen molar-refractivity contribution in [2.45, 2.75) is 39.7 Å². The third-order valence-corrected chi connectivity index (χ3v) is 7.07. The summed E-state index contributed by atoms with van der Waals surface area (Å²) in [6.07, 6.45) is 1.67. The van der Waals surface area contributed by atoms with E-state index in [-0.39, 0.29) is 11.5 Å². The molecular formula is C22H28N4O2S. The number of carbonyl (C=O) groups excluding carboxylic acids is 1. The molecule has 1 fully saturated rings. The molecule has 2 aromatic heterocycles. The molecule has 0 unspecified atom stereocenters. The molecule has 3 heterocycles. The Morgan fingerprint density at radius 2 is 1.90 bits per heavy atom. The number of hydrogen-bond donors (Lipinski definition) is 0. The van der Waals surface area contributed by atoms with Gasteiger partial charge < -0.3 is 4.90 Å². The third-order valence-electron chi connectivity index (χ3n) is 5.79. The molecule has 1 aromatic carbocycles. The van der Waals surface area contributed by atoms with Gasteiger partial charge in [0.05, 0.1) is 15.8 Å². The van der Waals surface area contributed by atoms with Crippen LogP contribution in [0.5, 0.6) is 0 Å². The van der Waals surface area contributed by atoms with E-state index in [1.54, 1.807) is 11.3 Å². The standard InChI is InChI=1S/C22H28N4O2S/c1-4-10-24-11-13-25(14-12-24)21(27)17(5-2)26-22(28)19-16-8-6-7-9-18(16)29-20(19)15(3)23-26/h6-9,17H,4-5,10-14H2,1-3H3/t17-/m1/s1. The van der Waals surface area contributed by atoms with Gasteiger partial charge in [-0.15, -0.1) is 11.3 Å². The van der Waals surface area contributed by atoms with Gasteiger partial charge in [0.25, 0.3) is 5.56 Å². The van der Waals surface area contributed by atoms with Crippen molar-refractivity contribution in [2.75, 3.05) is 32.7 Å². The molecule has 0 N–H and O–H groups in total. The fraction of sp³-hybridized carbons (Fsp3) is 0.500. The largest absolute Gasteiger partial charge is 0.338 e. The summed E-state index contributed by atoms with van der Waals surface area (Å²) in [5.41, 5.74) is 0.646. The molecule has 6 nitrogen and oxygen atoms in total. The van der Waals surface area contributed by atoms with E-state index >= 15 is 0 Å². The molecule has 0 saturated carbocycles. The fourth-order valence-electron chi connectivity index (χ4n) is 4.26. The van der Waals surface area contributed by atoms with Crippen molar-refractivity contribution in [3.63, 3.8) is 0 Å². The van der Waals surface area contributed by atoms with Crippen LogP contribution in [-0.4, -0.2) is 58.2 Å². The molecule has 0 aliphatic carbocycles. The molecule has 4 rings (SSSR count). The number of rotatable bonds is 5. The van der Waals surface area contributed by atoms with E-state index in [1.807, 2.05) is 43.0 Å². The topological polar surface area (TPSA) is 58.4 Å². The summed E-state index contributed by atoms with van der Waals surface area (Å²) in [5, 5.41) is 6.23. The second-order valence-electron chi connectivity index (χ2n) is 7.73. The summed E-state index contributed by atoms with van der Waals surface area (Å²) in [6, 6.07) is 7.39. The SMILES string of the molecule is CCCN1CCN(C(=O)[C@@H](CC)n2nc(C)c3sc4ccccc4c3c2=O)CC1. The lowest BCUT2D eigenvalue weighted by atomic mass is 10.1. The number of aromatic nitrogens is 2. The lowest BCUT2D eigenvalue weighted by Crippen LogP contribution is -2.51. The number of nitrogens with zero attached hydrogens (tertiary/aromatic N) is 4. The number of thiophene rings is 1. The van der Waals surface area contributed by atoms with Crippen LogP contribution in [0.2, 0.25) is 0 Å². The van der Waals surface area contributed by atoms with Gasteiger partial charge in [-0.3, -0.25) is 14.5 Å². The number of amides is 1. The normalized spacial score (nSPS) is 16.6. The summed E-state index contributed by atoms with van der Waals surface area (Å²) in [7, 11) is 0. The van der Waals surface area contributed by atoms with Gasteiger partial charge in [-0.2, -0.15) is 5.10 Å². The van der Waals surface area contributed by atoms with E-state index in [1.165, 1.54) is 4.68 Å². The first kappa shape index (κ1) is 20.0. The maximum absolute atomic E-state index is 13.4. The number of hydrogen-bond acceptors (Lipinski definition) is 5. The maximum atomic E-state index is 13.4. The molecule has 3 aromatic rings. The van der Waals surface area contributed by atoms with Crippen LogP contribution in [0, 0.1) is 6.92 Å². The Balaban J connectivity index is 1.70. The zero-order valence-electron chi connectivity index (χ0n) is 17.4. The van der Waals surface area contributed by atoms with E-state index in [0.717, 1.165) is 46.5 Å². The zero-order chi connectivity index (χ0) is 20.5. The van der Waals surface area contributed by atoms with Crippen LogP contribution in [0.4, 0.5) is 0 Å². The van der Waals surface area contributed by atoms with E-state index in [4.69, 9.17) is 0 Å². The molecule has 154 valence electrons. The molecule has 1 amide bonds. The van der Waals surface area contributed by atoms with Crippen LogP contribution in [-0.2, 0) is 4.79 Å². The van der Waals surface area contributed by atoms with Crippen molar-refractivity contribution in [1.29, 1.82) is 0 Å². The minimum absolute atomic E-state index is 0.0107. The zero-order valence-corrected chi connectivity index (χ0v) is 18.2. The van der Waals surface area contributed by atoms with Gasteiger partial charge in [-0.05, 0) is 32.4 Å². The van der Waals surface area contributed by atoms with Gasteiger partial charge in [-0.25, -0.2) is 4.68 Å². The predicted molar refractivity (Wildman–Crippen MR) is 119 cm³/mol. The highest BCUT2D eigenvalue weighted by molar-refractivity contribution is 7.26. The quantitative estimate of drug-likeness (QED) is 0.644. The molecule has 7 heteroatoms. The number of aryl methyl sites for hydroxylation is 1.